The molecule has 0 saturated carbocycles. The molecular weight excluding hydrogens is 230 g/mol. The van der Waals surface area contributed by atoms with Crippen LogP contribution >= 0.6 is 0 Å². The summed E-state index contributed by atoms with van der Waals surface area (Å²) in [5.41, 5.74) is 2.41. The van der Waals surface area contributed by atoms with Gasteiger partial charge in [-0.3, -0.25) is 4.21 Å². The van der Waals surface area contributed by atoms with Crippen LogP contribution in [0, 0.1) is 6.92 Å². The zero-order valence-corrected chi connectivity index (χ0v) is 11.8. The third kappa shape index (κ3) is 5.99. The van der Waals surface area contributed by atoms with Crippen molar-refractivity contribution < 1.29 is 4.21 Å². The predicted octanol–water partition coefficient (Wildman–Crippen LogP) is 2.63. The highest BCUT2D eigenvalue weighted by atomic mass is 32.2. The quantitative estimate of drug-likeness (QED) is 0.809. The summed E-state index contributed by atoms with van der Waals surface area (Å²) in [4.78, 5) is 0. The molecular formula is C14H23NOS. The third-order valence-corrected chi connectivity index (χ3v) is 4.12. The van der Waals surface area contributed by atoms with Crippen LogP contribution in [0.15, 0.2) is 24.3 Å². The van der Waals surface area contributed by atoms with E-state index in [1.807, 2.05) is 6.07 Å². The molecule has 2 nitrogen and oxygen atoms in total. The van der Waals surface area contributed by atoms with Gasteiger partial charge in [-0.25, -0.2) is 0 Å². The van der Waals surface area contributed by atoms with E-state index in [-0.39, 0.29) is 0 Å². The molecule has 0 aromatic heterocycles. The van der Waals surface area contributed by atoms with Crippen molar-refractivity contribution in [2.75, 3.05) is 12.3 Å². The van der Waals surface area contributed by atoms with E-state index < -0.39 is 10.8 Å². The summed E-state index contributed by atoms with van der Waals surface area (Å²) in [5, 5.41) is 3.37. The van der Waals surface area contributed by atoms with Gasteiger partial charge in [0.2, 0.25) is 0 Å². The van der Waals surface area contributed by atoms with Gasteiger partial charge in [0, 0.05) is 28.3 Å². The van der Waals surface area contributed by atoms with Crippen molar-refractivity contribution in [1.82, 2.24) is 5.32 Å². The normalized spacial score (nSPS) is 14.5. The average molecular weight is 253 g/mol. The highest BCUT2D eigenvalue weighted by Crippen LogP contribution is 2.07. The summed E-state index contributed by atoms with van der Waals surface area (Å²) in [6, 6.07) is 8.59. The van der Waals surface area contributed by atoms with Crippen molar-refractivity contribution in [2.24, 2.45) is 0 Å². The Balaban J connectivity index is 2.39. The van der Waals surface area contributed by atoms with Gasteiger partial charge in [-0.15, -0.1) is 0 Å². The van der Waals surface area contributed by atoms with Gasteiger partial charge in [-0.05, 0) is 32.4 Å². The van der Waals surface area contributed by atoms with Gasteiger partial charge in [0.05, 0.1) is 0 Å². The molecule has 0 amide bonds. The second-order valence-electron chi connectivity index (χ2n) is 4.60. The van der Waals surface area contributed by atoms with Crippen LogP contribution in [0.3, 0.4) is 0 Å². The molecule has 1 N–H and O–H groups in total. The van der Waals surface area contributed by atoms with E-state index in [1.54, 1.807) is 0 Å². The SMILES string of the molecule is CCCNC(C)CS(=O)Cc1cccc(C)c1. The first-order valence-electron chi connectivity index (χ1n) is 6.25. The largest absolute Gasteiger partial charge is 0.313 e. The molecule has 0 aliphatic carbocycles. The second-order valence-corrected chi connectivity index (χ2v) is 6.10. The van der Waals surface area contributed by atoms with Crippen LogP contribution in [-0.2, 0) is 16.6 Å². The molecule has 1 rings (SSSR count). The van der Waals surface area contributed by atoms with Crippen LogP contribution in [0.2, 0.25) is 0 Å². The van der Waals surface area contributed by atoms with Crippen molar-refractivity contribution in [3.63, 3.8) is 0 Å². The first kappa shape index (κ1) is 14.4. The fourth-order valence-electron chi connectivity index (χ4n) is 1.78. The Morgan fingerprint density at radius 1 is 1.41 bits per heavy atom. The Hall–Kier alpha value is -0.670. The highest BCUT2D eigenvalue weighted by Gasteiger charge is 2.07. The van der Waals surface area contributed by atoms with Crippen molar-refractivity contribution in [3.05, 3.63) is 35.4 Å². The molecule has 1 aromatic carbocycles. The lowest BCUT2D eigenvalue weighted by molar-refractivity contribution is 0.582. The zero-order chi connectivity index (χ0) is 12.7. The maximum absolute atomic E-state index is 12.0. The summed E-state index contributed by atoms with van der Waals surface area (Å²) in [6.45, 7) is 7.31. The van der Waals surface area contributed by atoms with Gasteiger partial charge < -0.3 is 5.32 Å². The smallest absolute Gasteiger partial charge is 0.0486 e. The molecule has 17 heavy (non-hydrogen) atoms. The molecule has 0 saturated heterocycles. The first-order chi connectivity index (χ1) is 8.11. The first-order valence-corrected chi connectivity index (χ1v) is 7.74. The third-order valence-electron chi connectivity index (χ3n) is 2.59. The van der Waals surface area contributed by atoms with Gasteiger partial charge in [0.25, 0.3) is 0 Å². The van der Waals surface area contributed by atoms with Gasteiger partial charge >= 0.3 is 0 Å². The van der Waals surface area contributed by atoms with E-state index in [9.17, 15) is 4.21 Å². The van der Waals surface area contributed by atoms with Gasteiger partial charge in [-0.1, -0.05) is 36.8 Å². The Morgan fingerprint density at radius 3 is 2.82 bits per heavy atom. The number of nitrogens with one attached hydrogen (secondary N) is 1. The monoisotopic (exact) mass is 253 g/mol. The second kappa shape index (κ2) is 7.62. The number of aryl methyl sites for hydroxylation is 1. The molecule has 0 spiro atoms. The van der Waals surface area contributed by atoms with Crippen LogP contribution in [-0.4, -0.2) is 22.5 Å². The number of hydrogen-bond donors (Lipinski definition) is 1. The number of hydrogen-bond acceptors (Lipinski definition) is 2. The van der Waals surface area contributed by atoms with Crippen LogP contribution in [0.25, 0.3) is 0 Å². The summed E-state index contributed by atoms with van der Waals surface area (Å²) in [6.07, 6.45) is 1.12. The molecule has 2 atom stereocenters. The van der Waals surface area contributed by atoms with Crippen LogP contribution in [0.1, 0.15) is 31.4 Å². The average Bonchev–Trinajstić information content (AvgIpc) is 2.26. The van der Waals surface area contributed by atoms with Gasteiger partial charge in [0.15, 0.2) is 0 Å². The molecule has 1 aromatic rings. The summed E-state index contributed by atoms with van der Waals surface area (Å²) in [5.74, 6) is 1.40. The van der Waals surface area contributed by atoms with Crippen LogP contribution < -0.4 is 5.32 Å². The van der Waals surface area contributed by atoms with Gasteiger partial charge in [-0.2, -0.15) is 0 Å². The predicted molar refractivity (Wildman–Crippen MR) is 75.6 cm³/mol. The fraction of sp³-hybridized carbons (Fsp3) is 0.571. The van der Waals surface area contributed by atoms with E-state index in [1.165, 1.54) is 11.1 Å². The molecule has 96 valence electrons. The minimum Gasteiger partial charge on any atom is -0.313 e. The molecule has 0 bridgehead atoms. The van der Waals surface area contributed by atoms with E-state index in [4.69, 9.17) is 0 Å². The van der Waals surface area contributed by atoms with Gasteiger partial charge in [0.1, 0.15) is 0 Å². The van der Waals surface area contributed by atoms with Crippen molar-refractivity contribution in [3.8, 4) is 0 Å². The van der Waals surface area contributed by atoms with Crippen molar-refractivity contribution >= 4 is 10.8 Å². The van der Waals surface area contributed by atoms with Crippen LogP contribution in [0.4, 0.5) is 0 Å². The standard InChI is InChI=1S/C14H23NOS/c1-4-8-15-13(3)10-17(16)11-14-7-5-6-12(2)9-14/h5-7,9,13,15H,4,8,10-11H2,1-3H3. The van der Waals surface area contributed by atoms with Crippen molar-refractivity contribution in [1.29, 1.82) is 0 Å². The lowest BCUT2D eigenvalue weighted by atomic mass is 10.2. The molecule has 0 fully saturated rings. The molecule has 0 heterocycles. The molecule has 0 radical (unpaired) electrons. The minimum absolute atomic E-state index is 0.334. The fourth-order valence-corrected chi connectivity index (χ4v) is 3.12. The Labute approximate surface area is 107 Å². The van der Waals surface area contributed by atoms with Crippen LogP contribution in [0.5, 0.6) is 0 Å². The van der Waals surface area contributed by atoms with E-state index in [2.05, 4.69) is 44.3 Å². The minimum atomic E-state index is -0.775. The van der Waals surface area contributed by atoms with E-state index in [0.717, 1.165) is 18.7 Å². The maximum Gasteiger partial charge on any atom is 0.0486 e. The lowest BCUT2D eigenvalue weighted by Crippen LogP contribution is -2.32. The number of rotatable bonds is 7. The topological polar surface area (TPSA) is 29.1 Å². The molecule has 0 aliphatic heterocycles. The maximum atomic E-state index is 12.0. The summed E-state index contributed by atoms with van der Waals surface area (Å²) < 4.78 is 12.0. The van der Waals surface area contributed by atoms with Crippen molar-refractivity contribution in [2.45, 2.75) is 39.0 Å². The summed E-state index contributed by atoms with van der Waals surface area (Å²) in [7, 11) is -0.775. The zero-order valence-electron chi connectivity index (χ0n) is 11.0. The number of benzene rings is 1. The molecule has 3 heteroatoms. The lowest BCUT2D eigenvalue weighted by Gasteiger charge is -2.12. The Kier molecular flexibility index (Phi) is 6.45. The Bertz CT molecular complexity index is 365. The Morgan fingerprint density at radius 2 is 2.18 bits per heavy atom. The highest BCUT2D eigenvalue weighted by molar-refractivity contribution is 7.84. The molecule has 0 aliphatic rings. The van der Waals surface area contributed by atoms with E-state index >= 15 is 0 Å². The van der Waals surface area contributed by atoms with E-state index in [0.29, 0.717) is 11.8 Å². The summed E-state index contributed by atoms with van der Waals surface area (Å²) >= 11 is 0. The molecule has 2 unspecified atom stereocenters.